The van der Waals surface area contributed by atoms with E-state index in [0.717, 1.165) is 11.3 Å². The molecule has 2 rings (SSSR count). The Hall–Kier alpha value is -2.08. The van der Waals surface area contributed by atoms with Crippen molar-refractivity contribution < 1.29 is 19.4 Å². The maximum atomic E-state index is 12.6. The van der Waals surface area contributed by atoms with Crippen molar-refractivity contribution in [3.05, 3.63) is 29.8 Å². The molecule has 1 aromatic rings. The molecule has 0 saturated carbocycles. The van der Waals surface area contributed by atoms with Gasteiger partial charge in [-0.15, -0.1) is 0 Å². The third kappa shape index (κ3) is 4.01. The van der Waals surface area contributed by atoms with E-state index < -0.39 is 5.60 Å². The molecular formula is C17H24N2O4. The van der Waals surface area contributed by atoms with Crippen LogP contribution >= 0.6 is 0 Å². The quantitative estimate of drug-likeness (QED) is 0.899. The number of likely N-dealkylation sites (N-methyl/N-ethyl adjacent to an activating group) is 1. The number of hydrogen-bond acceptors (Lipinski definition) is 4. The molecule has 1 aliphatic heterocycles. The van der Waals surface area contributed by atoms with Crippen molar-refractivity contribution in [2.75, 3.05) is 27.2 Å². The average Bonchev–Trinajstić information content (AvgIpc) is 2.54. The highest BCUT2D eigenvalue weighted by molar-refractivity contribution is 5.86. The van der Waals surface area contributed by atoms with Crippen molar-refractivity contribution in [1.82, 2.24) is 9.80 Å². The van der Waals surface area contributed by atoms with Gasteiger partial charge in [0, 0.05) is 27.1 Å². The van der Waals surface area contributed by atoms with Gasteiger partial charge in [-0.25, -0.2) is 0 Å². The van der Waals surface area contributed by atoms with E-state index in [1.807, 2.05) is 24.3 Å². The molecule has 2 amide bonds. The first-order valence-electron chi connectivity index (χ1n) is 7.72. The van der Waals surface area contributed by atoms with Crippen molar-refractivity contribution in [1.29, 1.82) is 0 Å². The molecule has 0 radical (unpaired) electrons. The fourth-order valence-electron chi connectivity index (χ4n) is 2.91. The summed E-state index contributed by atoms with van der Waals surface area (Å²) < 4.78 is 5.11. The predicted molar refractivity (Wildman–Crippen MR) is 85.9 cm³/mol. The third-order valence-electron chi connectivity index (χ3n) is 4.24. The van der Waals surface area contributed by atoms with Gasteiger partial charge in [0.15, 0.2) is 5.60 Å². The number of likely N-dealkylation sites (tertiary alicyclic amines) is 1. The predicted octanol–water partition coefficient (Wildman–Crippen LogP) is 1.03. The number of β-amino-alcohol motifs (C(OH)–C–C–N with tert-alkyl or cyclic N) is 1. The van der Waals surface area contributed by atoms with Gasteiger partial charge >= 0.3 is 0 Å². The Morgan fingerprint density at radius 1 is 1.35 bits per heavy atom. The Bertz CT molecular complexity index is 572. The van der Waals surface area contributed by atoms with Crippen LogP contribution in [-0.2, 0) is 16.1 Å². The summed E-state index contributed by atoms with van der Waals surface area (Å²) in [6.07, 6.45) is 1.00. The molecule has 1 aromatic carbocycles. The van der Waals surface area contributed by atoms with Crippen LogP contribution in [0.3, 0.4) is 0 Å². The summed E-state index contributed by atoms with van der Waals surface area (Å²) >= 11 is 0. The number of piperidine rings is 1. The van der Waals surface area contributed by atoms with Crippen molar-refractivity contribution in [3.63, 3.8) is 0 Å². The summed E-state index contributed by atoms with van der Waals surface area (Å²) in [5.74, 6) is 0.290. The summed E-state index contributed by atoms with van der Waals surface area (Å²) in [5, 5.41) is 10.7. The van der Waals surface area contributed by atoms with Crippen LogP contribution < -0.4 is 4.74 Å². The van der Waals surface area contributed by atoms with Crippen LogP contribution in [0, 0.1) is 0 Å². The number of ether oxygens (including phenoxy) is 1. The molecule has 1 fully saturated rings. The van der Waals surface area contributed by atoms with Crippen LogP contribution in [0.5, 0.6) is 5.75 Å². The second-order valence-electron chi connectivity index (χ2n) is 6.09. The number of rotatable bonds is 4. The van der Waals surface area contributed by atoms with E-state index in [0.29, 0.717) is 25.9 Å². The smallest absolute Gasteiger partial charge is 0.256 e. The minimum absolute atomic E-state index is 0.0636. The van der Waals surface area contributed by atoms with Crippen LogP contribution in [-0.4, -0.2) is 59.6 Å². The summed E-state index contributed by atoms with van der Waals surface area (Å²) in [5.41, 5.74) is -0.546. The van der Waals surface area contributed by atoms with Gasteiger partial charge < -0.3 is 19.6 Å². The summed E-state index contributed by atoms with van der Waals surface area (Å²) in [6, 6.07) is 7.44. The topological polar surface area (TPSA) is 70.1 Å². The Morgan fingerprint density at radius 2 is 2.00 bits per heavy atom. The van der Waals surface area contributed by atoms with Gasteiger partial charge in [-0.05, 0) is 30.5 Å². The second kappa shape index (κ2) is 7.00. The number of methoxy groups -OCH3 is 1. The monoisotopic (exact) mass is 320 g/mol. The Morgan fingerprint density at radius 3 is 2.57 bits per heavy atom. The molecule has 1 aliphatic rings. The Kier molecular flexibility index (Phi) is 5.26. The van der Waals surface area contributed by atoms with E-state index in [1.54, 1.807) is 14.2 Å². The Balaban J connectivity index is 2.04. The summed E-state index contributed by atoms with van der Waals surface area (Å²) in [7, 11) is 3.27. The van der Waals surface area contributed by atoms with Crippen molar-refractivity contribution in [2.24, 2.45) is 0 Å². The van der Waals surface area contributed by atoms with E-state index >= 15 is 0 Å². The first kappa shape index (κ1) is 17.3. The molecule has 1 atom stereocenters. The third-order valence-corrected chi connectivity index (χ3v) is 4.24. The van der Waals surface area contributed by atoms with Crippen LogP contribution in [0.1, 0.15) is 25.3 Å². The molecule has 0 unspecified atom stereocenters. The lowest BCUT2D eigenvalue weighted by atomic mass is 9.91. The average molecular weight is 320 g/mol. The number of nitrogens with zero attached hydrogens (tertiary/aromatic N) is 2. The fourth-order valence-corrected chi connectivity index (χ4v) is 2.91. The van der Waals surface area contributed by atoms with Gasteiger partial charge in [-0.1, -0.05) is 12.1 Å². The molecule has 1 N–H and O–H groups in total. The zero-order valence-electron chi connectivity index (χ0n) is 13.9. The molecule has 6 heteroatoms. The fraction of sp³-hybridized carbons (Fsp3) is 0.529. The van der Waals surface area contributed by atoms with Gasteiger partial charge in [-0.3, -0.25) is 9.59 Å². The Labute approximate surface area is 136 Å². The molecule has 23 heavy (non-hydrogen) atoms. The first-order chi connectivity index (χ1) is 10.9. The van der Waals surface area contributed by atoms with E-state index in [9.17, 15) is 14.7 Å². The maximum absolute atomic E-state index is 12.6. The molecular weight excluding hydrogens is 296 g/mol. The number of carbonyl (C=O) groups excluding carboxylic acids is 2. The standard InChI is InChI=1S/C17H24N2O4/c1-13(20)19-10-4-9-17(22,12-19)16(21)18(2)11-14-5-7-15(23-3)8-6-14/h5-8,22H,4,9-12H2,1-3H3/t17-/m1/s1. The lowest BCUT2D eigenvalue weighted by molar-refractivity contribution is -0.159. The van der Waals surface area contributed by atoms with E-state index in [4.69, 9.17) is 4.74 Å². The maximum Gasteiger partial charge on any atom is 0.256 e. The van der Waals surface area contributed by atoms with Crippen molar-refractivity contribution >= 4 is 11.8 Å². The van der Waals surface area contributed by atoms with Crippen LogP contribution in [0.4, 0.5) is 0 Å². The van der Waals surface area contributed by atoms with Gasteiger partial charge in [0.25, 0.3) is 5.91 Å². The molecule has 126 valence electrons. The van der Waals surface area contributed by atoms with Crippen molar-refractivity contribution in [3.8, 4) is 5.75 Å². The number of aliphatic hydroxyl groups is 1. The lowest BCUT2D eigenvalue weighted by Crippen LogP contribution is -2.58. The van der Waals surface area contributed by atoms with E-state index in [-0.39, 0.29) is 18.4 Å². The summed E-state index contributed by atoms with van der Waals surface area (Å²) in [4.78, 5) is 27.2. The molecule has 0 bridgehead atoms. The van der Waals surface area contributed by atoms with E-state index in [2.05, 4.69) is 0 Å². The minimum atomic E-state index is -1.49. The first-order valence-corrected chi connectivity index (χ1v) is 7.72. The molecule has 6 nitrogen and oxygen atoms in total. The zero-order valence-corrected chi connectivity index (χ0v) is 13.9. The normalized spacial score (nSPS) is 21.0. The molecule has 1 saturated heterocycles. The number of amides is 2. The minimum Gasteiger partial charge on any atom is -0.497 e. The number of hydrogen-bond donors (Lipinski definition) is 1. The highest BCUT2D eigenvalue weighted by Crippen LogP contribution is 2.24. The van der Waals surface area contributed by atoms with Crippen molar-refractivity contribution in [2.45, 2.75) is 31.9 Å². The molecule has 0 spiro atoms. The number of carbonyl (C=O) groups is 2. The van der Waals surface area contributed by atoms with Crippen LogP contribution in [0.25, 0.3) is 0 Å². The highest BCUT2D eigenvalue weighted by atomic mass is 16.5. The summed E-state index contributed by atoms with van der Waals surface area (Å²) in [6.45, 7) is 2.50. The SMILES string of the molecule is COc1ccc(CN(C)C(=O)[C@@]2(O)CCCN(C(C)=O)C2)cc1. The highest BCUT2D eigenvalue weighted by Gasteiger charge is 2.42. The molecule has 0 aliphatic carbocycles. The second-order valence-corrected chi connectivity index (χ2v) is 6.09. The van der Waals surface area contributed by atoms with Gasteiger partial charge in [-0.2, -0.15) is 0 Å². The van der Waals surface area contributed by atoms with E-state index in [1.165, 1.54) is 16.7 Å². The molecule has 1 heterocycles. The van der Waals surface area contributed by atoms with Gasteiger partial charge in [0.1, 0.15) is 5.75 Å². The molecule has 0 aromatic heterocycles. The zero-order chi connectivity index (χ0) is 17.0. The largest absolute Gasteiger partial charge is 0.497 e. The lowest BCUT2D eigenvalue weighted by Gasteiger charge is -2.39. The van der Waals surface area contributed by atoms with Crippen LogP contribution in [0.15, 0.2) is 24.3 Å². The number of benzene rings is 1. The van der Waals surface area contributed by atoms with Gasteiger partial charge in [0.05, 0.1) is 13.7 Å². The van der Waals surface area contributed by atoms with Gasteiger partial charge in [0.2, 0.25) is 5.91 Å². The van der Waals surface area contributed by atoms with Crippen LogP contribution in [0.2, 0.25) is 0 Å².